The fourth-order valence-electron chi connectivity index (χ4n) is 1.62. The molecule has 110 valence electrons. The number of benzene rings is 1. The zero-order valence-electron chi connectivity index (χ0n) is 11.9. The molecule has 3 N–H and O–H groups in total. The van der Waals surface area contributed by atoms with Crippen LogP contribution in [0.1, 0.15) is 12.5 Å². The van der Waals surface area contributed by atoms with Crippen LogP contribution in [-0.4, -0.2) is 41.1 Å². The van der Waals surface area contributed by atoms with Crippen LogP contribution in [0, 0.1) is 6.92 Å². The lowest BCUT2D eigenvalue weighted by Crippen LogP contribution is -2.45. The van der Waals surface area contributed by atoms with Crippen molar-refractivity contribution in [2.24, 2.45) is 0 Å². The summed E-state index contributed by atoms with van der Waals surface area (Å²) in [5.41, 5.74) is 0.533. The third-order valence-electron chi connectivity index (χ3n) is 2.57. The van der Waals surface area contributed by atoms with Crippen LogP contribution in [0.5, 0.6) is 0 Å². The van der Waals surface area contributed by atoms with E-state index in [0.717, 1.165) is 5.56 Å². The Bertz CT molecular complexity index is 489. The van der Waals surface area contributed by atoms with Crippen molar-refractivity contribution in [1.82, 2.24) is 5.32 Å². The Hall–Kier alpha value is -1.53. The van der Waals surface area contributed by atoms with Gasteiger partial charge in [0.25, 0.3) is 0 Å². The average Bonchev–Trinajstić information content (AvgIpc) is 2.36. The molecule has 1 atom stereocenters. The van der Waals surface area contributed by atoms with Crippen LogP contribution in [0.15, 0.2) is 24.3 Å². The highest BCUT2D eigenvalue weighted by atomic mass is 32.2. The highest BCUT2D eigenvalue weighted by Crippen LogP contribution is 2.10. The zero-order valence-corrected chi connectivity index (χ0v) is 12.7. The molecule has 6 heteroatoms. The van der Waals surface area contributed by atoms with E-state index in [0.29, 0.717) is 11.4 Å². The van der Waals surface area contributed by atoms with Crippen LogP contribution >= 0.6 is 11.8 Å². The van der Waals surface area contributed by atoms with Crippen molar-refractivity contribution in [3.8, 4) is 0 Å². The van der Waals surface area contributed by atoms with Crippen LogP contribution in [0.4, 0.5) is 5.69 Å². The van der Waals surface area contributed by atoms with E-state index in [1.807, 2.05) is 19.2 Å². The SMILES string of the molecule is CSC[C@](C)(O)CNC(=O)C(=O)Nc1cccc(C)c1. The summed E-state index contributed by atoms with van der Waals surface area (Å²) < 4.78 is 0. The van der Waals surface area contributed by atoms with Gasteiger partial charge < -0.3 is 15.7 Å². The van der Waals surface area contributed by atoms with Crippen LogP contribution in [-0.2, 0) is 9.59 Å². The van der Waals surface area contributed by atoms with Crippen LogP contribution in [0.25, 0.3) is 0 Å². The fourth-order valence-corrected chi connectivity index (χ4v) is 2.35. The summed E-state index contributed by atoms with van der Waals surface area (Å²) in [6.45, 7) is 3.55. The van der Waals surface area contributed by atoms with E-state index in [2.05, 4.69) is 10.6 Å². The van der Waals surface area contributed by atoms with E-state index in [1.165, 1.54) is 11.8 Å². The molecule has 0 aliphatic carbocycles. The number of anilines is 1. The van der Waals surface area contributed by atoms with Gasteiger partial charge in [0.1, 0.15) is 0 Å². The molecule has 0 aliphatic heterocycles. The molecule has 0 saturated carbocycles. The quantitative estimate of drug-likeness (QED) is 0.713. The highest BCUT2D eigenvalue weighted by molar-refractivity contribution is 7.98. The van der Waals surface area contributed by atoms with Gasteiger partial charge in [0, 0.05) is 18.0 Å². The molecular formula is C14H20N2O3S. The van der Waals surface area contributed by atoms with Gasteiger partial charge in [-0.05, 0) is 37.8 Å². The van der Waals surface area contributed by atoms with E-state index in [9.17, 15) is 14.7 Å². The minimum atomic E-state index is -1.03. The van der Waals surface area contributed by atoms with Gasteiger partial charge in [0.05, 0.1) is 5.60 Å². The molecule has 1 aromatic rings. The number of nitrogens with one attached hydrogen (secondary N) is 2. The second kappa shape index (κ2) is 7.31. The first-order valence-electron chi connectivity index (χ1n) is 6.21. The lowest BCUT2D eigenvalue weighted by atomic mass is 10.1. The van der Waals surface area contributed by atoms with Crippen molar-refractivity contribution in [3.63, 3.8) is 0 Å². The number of rotatable bonds is 5. The monoisotopic (exact) mass is 296 g/mol. The van der Waals surface area contributed by atoms with Gasteiger partial charge in [-0.2, -0.15) is 11.8 Å². The Labute approximate surface area is 123 Å². The van der Waals surface area contributed by atoms with Gasteiger partial charge in [-0.3, -0.25) is 9.59 Å². The lowest BCUT2D eigenvalue weighted by molar-refractivity contribution is -0.136. The molecule has 20 heavy (non-hydrogen) atoms. The van der Waals surface area contributed by atoms with Crippen molar-refractivity contribution >= 4 is 29.3 Å². The van der Waals surface area contributed by atoms with E-state index in [4.69, 9.17) is 0 Å². The molecule has 0 saturated heterocycles. The van der Waals surface area contributed by atoms with Crippen LogP contribution in [0.3, 0.4) is 0 Å². The number of amides is 2. The molecule has 0 fully saturated rings. The highest BCUT2D eigenvalue weighted by Gasteiger charge is 2.22. The molecule has 0 heterocycles. The summed E-state index contributed by atoms with van der Waals surface area (Å²) in [5, 5.41) is 14.8. The lowest BCUT2D eigenvalue weighted by Gasteiger charge is -2.22. The van der Waals surface area contributed by atoms with Crippen molar-refractivity contribution in [3.05, 3.63) is 29.8 Å². The first kappa shape index (κ1) is 16.5. The molecule has 5 nitrogen and oxygen atoms in total. The second-order valence-electron chi connectivity index (χ2n) is 4.94. The van der Waals surface area contributed by atoms with Crippen LogP contribution in [0.2, 0.25) is 0 Å². The summed E-state index contributed by atoms with van der Waals surface area (Å²) in [5.74, 6) is -1.02. The van der Waals surface area contributed by atoms with Gasteiger partial charge in [-0.15, -0.1) is 0 Å². The van der Waals surface area contributed by atoms with Gasteiger partial charge in [-0.1, -0.05) is 12.1 Å². The van der Waals surface area contributed by atoms with Gasteiger partial charge >= 0.3 is 11.8 Å². The predicted molar refractivity (Wildman–Crippen MR) is 81.8 cm³/mol. The minimum Gasteiger partial charge on any atom is -0.387 e. The number of carbonyl (C=O) groups is 2. The fraction of sp³-hybridized carbons (Fsp3) is 0.429. The molecule has 2 amide bonds. The Balaban J connectivity index is 2.50. The Morgan fingerprint density at radius 1 is 1.35 bits per heavy atom. The second-order valence-corrected chi connectivity index (χ2v) is 5.80. The maximum absolute atomic E-state index is 11.7. The predicted octanol–water partition coefficient (Wildman–Crippen LogP) is 1.16. The van der Waals surface area contributed by atoms with E-state index >= 15 is 0 Å². The number of aliphatic hydroxyl groups is 1. The molecule has 0 bridgehead atoms. The smallest absolute Gasteiger partial charge is 0.313 e. The number of aryl methyl sites for hydroxylation is 1. The summed E-state index contributed by atoms with van der Waals surface area (Å²) in [6.07, 6.45) is 1.86. The number of hydrogen-bond acceptors (Lipinski definition) is 4. The molecule has 0 radical (unpaired) electrons. The third-order valence-corrected chi connectivity index (χ3v) is 3.48. The van der Waals surface area contributed by atoms with Gasteiger partial charge in [-0.25, -0.2) is 0 Å². The topological polar surface area (TPSA) is 78.4 Å². The van der Waals surface area contributed by atoms with Crippen molar-refractivity contribution in [2.45, 2.75) is 19.4 Å². The van der Waals surface area contributed by atoms with Crippen molar-refractivity contribution in [1.29, 1.82) is 0 Å². The standard InChI is InChI=1S/C14H20N2O3S/c1-10-5-4-6-11(7-10)16-13(18)12(17)15-8-14(2,19)9-20-3/h4-7,19H,8-9H2,1-3H3,(H,15,17)(H,16,18)/t14-/m1/s1. The summed E-state index contributed by atoms with van der Waals surface area (Å²) in [6, 6.07) is 7.18. The van der Waals surface area contributed by atoms with E-state index in [-0.39, 0.29) is 6.54 Å². The third kappa shape index (κ3) is 5.63. The zero-order chi connectivity index (χ0) is 15.2. The summed E-state index contributed by atoms with van der Waals surface area (Å²) in [7, 11) is 0. The molecule has 1 aromatic carbocycles. The molecule has 0 spiro atoms. The molecule has 0 unspecified atom stereocenters. The number of carbonyl (C=O) groups excluding carboxylic acids is 2. The normalized spacial score (nSPS) is 13.4. The molecule has 0 aromatic heterocycles. The van der Waals surface area contributed by atoms with Gasteiger partial charge in [0.2, 0.25) is 0 Å². The molecule has 1 rings (SSSR count). The van der Waals surface area contributed by atoms with Crippen molar-refractivity contribution in [2.75, 3.05) is 23.9 Å². The minimum absolute atomic E-state index is 0.0356. The molecular weight excluding hydrogens is 276 g/mol. The van der Waals surface area contributed by atoms with Crippen molar-refractivity contribution < 1.29 is 14.7 Å². The first-order chi connectivity index (χ1) is 9.34. The average molecular weight is 296 g/mol. The van der Waals surface area contributed by atoms with Gasteiger partial charge in [0.15, 0.2) is 0 Å². The maximum Gasteiger partial charge on any atom is 0.313 e. The Kier molecular flexibility index (Phi) is 6.04. The summed E-state index contributed by atoms with van der Waals surface area (Å²) >= 11 is 1.47. The molecule has 0 aliphatic rings. The Morgan fingerprint density at radius 2 is 2.05 bits per heavy atom. The van der Waals surface area contributed by atoms with E-state index < -0.39 is 17.4 Å². The maximum atomic E-state index is 11.7. The Morgan fingerprint density at radius 3 is 2.65 bits per heavy atom. The summed E-state index contributed by atoms with van der Waals surface area (Å²) in [4.78, 5) is 23.3. The first-order valence-corrected chi connectivity index (χ1v) is 7.60. The van der Waals surface area contributed by atoms with Crippen LogP contribution < -0.4 is 10.6 Å². The number of thioether (sulfide) groups is 1. The largest absolute Gasteiger partial charge is 0.387 e. The van der Waals surface area contributed by atoms with E-state index in [1.54, 1.807) is 25.1 Å². The number of hydrogen-bond donors (Lipinski definition) is 3.